The maximum Gasteiger partial charge on any atom is 0.230 e. The molecule has 0 N–H and O–H groups in total. The van der Waals surface area contributed by atoms with E-state index in [9.17, 15) is 9.59 Å². The van der Waals surface area contributed by atoms with Crippen molar-refractivity contribution in [1.82, 2.24) is 4.90 Å². The summed E-state index contributed by atoms with van der Waals surface area (Å²) in [4.78, 5) is 26.9. The molecule has 0 atom stereocenters. The zero-order valence-corrected chi connectivity index (χ0v) is 11.6. The number of anilines is 1. The number of hydrogen-bond donors (Lipinski definition) is 0. The zero-order chi connectivity index (χ0) is 13.8. The van der Waals surface area contributed by atoms with Gasteiger partial charge in [0.05, 0.1) is 6.42 Å². The number of piperazine rings is 1. The Morgan fingerprint density at radius 3 is 2.32 bits per heavy atom. The first-order valence-corrected chi connectivity index (χ1v) is 6.65. The summed E-state index contributed by atoms with van der Waals surface area (Å²) >= 11 is 0. The van der Waals surface area contributed by atoms with Gasteiger partial charge in [-0.3, -0.25) is 9.59 Å². The molecule has 1 amide bonds. The van der Waals surface area contributed by atoms with Crippen LogP contribution in [0.1, 0.15) is 18.9 Å². The van der Waals surface area contributed by atoms with Crippen LogP contribution in [-0.4, -0.2) is 42.8 Å². The minimum atomic E-state index is -0.0636. The second-order valence-electron chi connectivity index (χ2n) is 5.03. The SMILES string of the molecule is CC(=O)CC(=O)N1CCN(c2ccccc2C)CC1. The van der Waals surface area contributed by atoms with E-state index >= 15 is 0 Å². The molecule has 0 bridgehead atoms. The number of rotatable bonds is 3. The van der Waals surface area contributed by atoms with Crippen molar-refractivity contribution in [3.8, 4) is 0 Å². The van der Waals surface area contributed by atoms with Crippen molar-refractivity contribution in [2.75, 3.05) is 31.1 Å². The summed E-state index contributed by atoms with van der Waals surface area (Å²) in [5, 5.41) is 0. The Balaban J connectivity index is 1.94. The average molecular weight is 260 g/mol. The Morgan fingerprint density at radius 1 is 1.11 bits per heavy atom. The second-order valence-corrected chi connectivity index (χ2v) is 5.03. The highest BCUT2D eigenvalue weighted by Gasteiger charge is 2.22. The van der Waals surface area contributed by atoms with Gasteiger partial charge in [0.25, 0.3) is 0 Å². The van der Waals surface area contributed by atoms with Gasteiger partial charge in [0.2, 0.25) is 5.91 Å². The number of amides is 1. The fourth-order valence-electron chi connectivity index (χ4n) is 2.44. The molecule has 2 rings (SSSR count). The van der Waals surface area contributed by atoms with Gasteiger partial charge in [0.15, 0.2) is 0 Å². The number of carbonyl (C=O) groups excluding carboxylic acids is 2. The molecule has 102 valence electrons. The molecule has 4 nitrogen and oxygen atoms in total. The third kappa shape index (κ3) is 3.34. The summed E-state index contributed by atoms with van der Waals surface area (Å²) in [6.45, 7) is 6.61. The van der Waals surface area contributed by atoms with Gasteiger partial charge in [0.1, 0.15) is 5.78 Å². The van der Waals surface area contributed by atoms with Crippen LogP contribution in [0.2, 0.25) is 0 Å². The number of aryl methyl sites for hydroxylation is 1. The molecule has 1 saturated heterocycles. The van der Waals surface area contributed by atoms with E-state index in [1.54, 1.807) is 4.90 Å². The number of carbonyl (C=O) groups is 2. The van der Waals surface area contributed by atoms with Crippen LogP contribution in [0.3, 0.4) is 0 Å². The molecule has 0 unspecified atom stereocenters. The Morgan fingerprint density at radius 2 is 1.74 bits per heavy atom. The van der Waals surface area contributed by atoms with Crippen LogP contribution in [0.15, 0.2) is 24.3 Å². The molecule has 1 heterocycles. The number of benzene rings is 1. The molecular formula is C15H20N2O2. The maximum absolute atomic E-state index is 11.8. The van der Waals surface area contributed by atoms with E-state index in [0.29, 0.717) is 13.1 Å². The van der Waals surface area contributed by atoms with E-state index < -0.39 is 0 Å². The lowest BCUT2D eigenvalue weighted by Crippen LogP contribution is -2.49. The van der Waals surface area contributed by atoms with Gasteiger partial charge in [-0.25, -0.2) is 0 Å². The van der Waals surface area contributed by atoms with E-state index in [2.05, 4.69) is 24.0 Å². The second kappa shape index (κ2) is 5.87. The summed E-state index contributed by atoms with van der Waals surface area (Å²) in [6.07, 6.45) is 0.0321. The molecule has 0 radical (unpaired) electrons. The van der Waals surface area contributed by atoms with Crippen LogP contribution in [0.25, 0.3) is 0 Å². The highest BCUT2D eigenvalue weighted by atomic mass is 16.2. The molecule has 1 fully saturated rings. The van der Waals surface area contributed by atoms with E-state index in [0.717, 1.165) is 13.1 Å². The average Bonchev–Trinajstić information content (AvgIpc) is 2.39. The van der Waals surface area contributed by atoms with Gasteiger partial charge in [-0.1, -0.05) is 18.2 Å². The first-order valence-electron chi connectivity index (χ1n) is 6.65. The highest BCUT2D eigenvalue weighted by Crippen LogP contribution is 2.20. The Hall–Kier alpha value is -1.84. The Labute approximate surface area is 114 Å². The first-order chi connectivity index (χ1) is 9.08. The van der Waals surface area contributed by atoms with Gasteiger partial charge in [-0.2, -0.15) is 0 Å². The molecule has 0 saturated carbocycles. The number of Topliss-reactive ketones (excluding diaryl/α,β-unsaturated/α-hetero) is 1. The van der Waals surface area contributed by atoms with Crippen LogP contribution in [-0.2, 0) is 9.59 Å². The quantitative estimate of drug-likeness (QED) is 0.775. The lowest BCUT2D eigenvalue weighted by atomic mass is 10.1. The van der Waals surface area contributed by atoms with E-state index in [1.165, 1.54) is 18.2 Å². The van der Waals surface area contributed by atoms with E-state index in [-0.39, 0.29) is 18.1 Å². The topological polar surface area (TPSA) is 40.6 Å². The van der Waals surface area contributed by atoms with Crippen molar-refractivity contribution in [3.63, 3.8) is 0 Å². The number of para-hydroxylation sites is 1. The molecule has 0 aromatic heterocycles. The van der Waals surface area contributed by atoms with Crippen molar-refractivity contribution in [2.45, 2.75) is 20.3 Å². The molecule has 1 aromatic carbocycles. The summed E-state index contributed by atoms with van der Waals surface area (Å²) in [5.41, 5.74) is 2.49. The lowest BCUT2D eigenvalue weighted by molar-refractivity contribution is -0.135. The molecule has 4 heteroatoms. The molecule has 0 spiro atoms. The van der Waals surface area contributed by atoms with Gasteiger partial charge in [-0.05, 0) is 25.5 Å². The van der Waals surface area contributed by atoms with Crippen molar-refractivity contribution in [1.29, 1.82) is 0 Å². The first kappa shape index (κ1) is 13.6. The van der Waals surface area contributed by atoms with Gasteiger partial charge < -0.3 is 9.80 Å². The van der Waals surface area contributed by atoms with Crippen molar-refractivity contribution in [3.05, 3.63) is 29.8 Å². The van der Waals surface area contributed by atoms with Crippen LogP contribution in [0.4, 0.5) is 5.69 Å². The molecule has 1 aliphatic heterocycles. The third-order valence-electron chi connectivity index (χ3n) is 3.49. The standard InChI is InChI=1S/C15H20N2O2/c1-12-5-3-4-6-14(12)16-7-9-17(10-8-16)15(19)11-13(2)18/h3-6H,7-11H2,1-2H3. The summed E-state index contributed by atoms with van der Waals surface area (Å²) < 4.78 is 0. The van der Waals surface area contributed by atoms with Crippen molar-refractivity contribution >= 4 is 17.4 Å². The van der Waals surface area contributed by atoms with Crippen LogP contribution in [0, 0.1) is 6.92 Å². The lowest BCUT2D eigenvalue weighted by Gasteiger charge is -2.36. The third-order valence-corrected chi connectivity index (χ3v) is 3.49. The van der Waals surface area contributed by atoms with E-state index in [4.69, 9.17) is 0 Å². The minimum Gasteiger partial charge on any atom is -0.368 e. The number of hydrogen-bond acceptors (Lipinski definition) is 3. The zero-order valence-electron chi connectivity index (χ0n) is 11.6. The number of nitrogens with zero attached hydrogens (tertiary/aromatic N) is 2. The molecule has 1 aliphatic rings. The predicted octanol–water partition coefficient (Wildman–Crippen LogP) is 1.62. The smallest absolute Gasteiger partial charge is 0.230 e. The minimum absolute atomic E-state index is 0.0321. The van der Waals surface area contributed by atoms with Gasteiger partial charge >= 0.3 is 0 Å². The Kier molecular flexibility index (Phi) is 4.20. The largest absolute Gasteiger partial charge is 0.368 e. The predicted molar refractivity (Wildman–Crippen MR) is 75.3 cm³/mol. The van der Waals surface area contributed by atoms with Crippen molar-refractivity contribution in [2.24, 2.45) is 0 Å². The summed E-state index contributed by atoms with van der Waals surface area (Å²) in [5.74, 6) is -0.108. The number of ketones is 1. The highest BCUT2D eigenvalue weighted by molar-refractivity contribution is 5.96. The van der Waals surface area contributed by atoms with Crippen LogP contribution < -0.4 is 4.90 Å². The normalized spacial score (nSPS) is 15.5. The van der Waals surface area contributed by atoms with Gasteiger partial charge in [0, 0.05) is 31.9 Å². The Bertz CT molecular complexity index is 477. The van der Waals surface area contributed by atoms with Gasteiger partial charge in [-0.15, -0.1) is 0 Å². The fourth-order valence-corrected chi connectivity index (χ4v) is 2.44. The van der Waals surface area contributed by atoms with Crippen LogP contribution >= 0.6 is 0 Å². The molecule has 19 heavy (non-hydrogen) atoms. The molecule has 1 aromatic rings. The van der Waals surface area contributed by atoms with Crippen LogP contribution in [0.5, 0.6) is 0 Å². The summed E-state index contributed by atoms with van der Waals surface area (Å²) in [7, 11) is 0. The molecular weight excluding hydrogens is 240 g/mol. The summed E-state index contributed by atoms with van der Waals surface area (Å²) in [6, 6.07) is 8.28. The van der Waals surface area contributed by atoms with E-state index in [1.807, 2.05) is 12.1 Å². The fraction of sp³-hybridized carbons (Fsp3) is 0.467. The molecule has 0 aliphatic carbocycles. The maximum atomic E-state index is 11.8. The monoisotopic (exact) mass is 260 g/mol. The van der Waals surface area contributed by atoms with Crippen molar-refractivity contribution < 1.29 is 9.59 Å².